The van der Waals surface area contributed by atoms with Gasteiger partial charge in [0.25, 0.3) is 0 Å². The van der Waals surface area contributed by atoms with Crippen molar-refractivity contribution in [2.45, 2.75) is 0 Å². The molecule has 1 aromatic heterocycles. The molecular formula is C23H15FO4. The van der Waals surface area contributed by atoms with Crippen molar-refractivity contribution >= 4 is 16.8 Å². The summed E-state index contributed by atoms with van der Waals surface area (Å²) in [5.74, 6) is -0.393. The number of fused-ring (bicyclic) bond motifs is 1. The summed E-state index contributed by atoms with van der Waals surface area (Å²) in [6.07, 6.45) is 0. The summed E-state index contributed by atoms with van der Waals surface area (Å²) < 4.78 is 24.4. The van der Waals surface area contributed by atoms with Crippen LogP contribution < -0.4 is 10.4 Å². The average Bonchev–Trinajstić information content (AvgIpc) is 2.73. The molecule has 4 rings (SSSR count). The smallest absolute Gasteiger partial charge is 0.348 e. The Morgan fingerprint density at radius 2 is 1.68 bits per heavy atom. The van der Waals surface area contributed by atoms with E-state index >= 15 is 0 Å². The fourth-order valence-corrected chi connectivity index (χ4v) is 3.17. The molecule has 0 radical (unpaired) electrons. The average molecular weight is 374 g/mol. The second-order valence-electron chi connectivity index (χ2n) is 6.20. The Morgan fingerprint density at radius 1 is 0.964 bits per heavy atom. The van der Waals surface area contributed by atoms with E-state index in [1.807, 2.05) is 6.07 Å². The fourth-order valence-electron chi connectivity index (χ4n) is 3.17. The summed E-state index contributed by atoms with van der Waals surface area (Å²) in [4.78, 5) is 25.9. The van der Waals surface area contributed by atoms with Crippen LogP contribution in [0.25, 0.3) is 22.1 Å². The Bertz CT molecular complexity index is 1230. The normalized spacial score (nSPS) is 10.8. The third kappa shape index (κ3) is 3.07. The van der Waals surface area contributed by atoms with E-state index < -0.39 is 17.2 Å². The zero-order valence-electron chi connectivity index (χ0n) is 14.9. The van der Waals surface area contributed by atoms with Crippen LogP contribution in [0.15, 0.2) is 82.0 Å². The number of carbonyl (C=O) groups is 1. The van der Waals surface area contributed by atoms with E-state index in [1.165, 1.54) is 25.3 Å². The van der Waals surface area contributed by atoms with Crippen molar-refractivity contribution in [1.29, 1.82) is 0 Å². The highest BCUT2D eigenvalue weighted by Crippen LogP contribution is 2.32. The van der Waals surface area contributed by atoms with Crippen molar-refractivity contribution in [3.63, 3.8) is 0 Å². The summed E-state index contributed by atoms with van der Waals surface area (Å²) >= 11 is 0. The van der Waals surface area contributed by atoms with E-state index in [-0.39, 0.29) is 11.1 Å². The number of methoxy groups -OCH3 is 1. The van der Waals surface area contributed by atoms with Crippen LogP contribution >= 0.6 is 0 Å². The molecule has 0 fully saturated rings. The summed E-state index contributed by atoms with van der Waals surface area (Å²) in [7, 11) is 1.52. The second-order valence-corrected chi connectivity index (χ2v) is 6.20. The third-order valence-corrected chi connectivity index (χ3v) is 4.51. The van der Waals surface area contributed by atoms with E-state index in [4.69, 9.17) is 9.15 Å². The lowest BCUT2D eigenvalue weighted by Gasteiger charge is -2.12. The maximum absolute atomic E-state index is 14.0. The summed E-state index contributed by atoms with van der Waals surface area (Å²) in [5.41, 5.74) is 0.612. The lowest BCUT2D eigenvalue weighted by atomic mass is 9.92. The SMILES string of the molecule is COc1ccc(C(=O)c2c(-c3ccccc3)c3cc(F)ccc3oc2=O)cc1. The molecule has 28 heavy (non-hydrogen) atoms. The van der Waals surface area contributed by atoms with Gasteiger partial charge in [0.1, 0.15) is 22.7 Å². The van der Waals surface area contributed by atoms with Gasteiger partial charge in [0.05, 0.1) is 7.11 Å². The van der Waals surface area contributed by atoms with Crippen molar-refractivity contribution in [1.82, 2.24) is 0 Å². The van der Waals surface area contributed by atoms with Gasteiger partial charge in [-0.25, -0.2) is 9.18 Å². The molecule has 0 N–H and O–H groups in total. The van der Waals surface area contributed by atoms with Crippen LogP contribution in [-0.4, -0.2) is 12.9 Å². The fraction of sp³-hybridized carbons (Fsp3) is 0.0435. The Hall–Kier alpha value is -3.73. The molecule has 0 saturated heterocycles. The molecule has 0 amide bonds. The van der Waals surface area contributed by atoms with Crippen LogP contribution in [-0.2, 0) is 0 Å². The van der Waals surface area contributed by atoms with Crippen LogP contribution in [0, 0.1) is 5.82 Å². The molecule has 5 heteroatoms. The first kappa shape index (κ1) is 17.7. The zero-order valence-corrected chi connectivity index (χ0v) is 14.9. The number of ether oxygens (including phenoxy) is 1. The first-order valence-corrected chi connectivity index (χ1v) is 8.59. The lowest BCUT2D eigenvalue weighted by Crippen LogP contribution is -2.17. The van der Waals surface area contributed by atoms with Gasteiger partial charge in [-0.05, 0) is 48.0 Å². The van der Waals surface area contributed by atoms with Crippen LogP contribution in [0.2, 0.25) is 0 Å². The molecule has 138 valence electrons. The highest BCUT2D eigenvalue weighted by Gasteiger charge is 2.23. The van der Waals surface area contributed by atoms with Gasteiger partial charge in [-0.1, -0.05) is 30.3 Å². The molecule has 0 aliphatic rings. The van der Waals surface area contributed by atoms with Gasteiger partial charge in [0.15, 0.2) is 0 Å². The van der Waals surface area contributed by atoms with Crippen LogP contribution in [0.4, 0.5) is 4.39 Å². The number of ketones is 1. The molecule has 4 nitrogen and oxygen atoms in total. The number of benzene rings is 3. The lowest BCUT2D eigenvalue weighted by molar-refractivity contribution is 0.103. The van der Waals surface area contributed by atoms with Crippen LogP contribution in [0.1, 0.15) is 15.9 Å². The maximum atomic E-state index is 14.0. The topological polar surface area (TPSA) is 56.5 Å². The van der Waals surface area contributed by atoms with Gasteiger partial charge in [-0.3, -0.25) is 4.79 Å². The molecule has 0 unspecified atom stereocenters. The van der Waals surface area contributed by atoms with Gasteiger partial charge in [-0.2, -0.15) is 0 Å². The van der Waals surface area contributed by atoms with Crippen LogP contribution in [0.5, 0.6) is 5.75 Å². The molecule has 0 aliphatic carbocycles. The van der Waals surface area contributed by atoms with Crippen molar-refractivity contribution in [2.24, 2.45) is 0 Å². The molecular weight excluding hydrogens is 359 g/mol. The highest BCUT2D eigenvalue weighted by atomic mass is 19.1. The largest absolute Gasteiger partial charge is 0.497 e. The Kier molecular flexibility index (Phi) is 4.49. The van der Waals surface area contributed by atoms with Gasteiger partial charge in [0, 0.05) is 16.5 Å². The van der Waals surface area contributed by atoms with E-state index in [2.05, 4.69) is 0 Å². The Balaban J connectivity index is 2.03. The molecule has 0 spiro atoms. The van der Waals surface area contributed by atoms with E-state index in [1.54, 1.807) is 48.5 Å². The second kappa shape index (κ2) is 7.12. The molecule has 0 bridgehead atoms. The quantitative estimate of drug-likeness (QED) is 0.379. The molecule has 0 atom stereocenters. The van der Waals surface area contributed by atoms with Crippen LogP contribution in [0.3, 0.4) is 0 Å². The molecule has 0 aliphatic heterocycles. The minimum Gasteiger partial charge on any atom is -0.497 e. The van der Waals surface area contributed by atoms with E-state index in [0.717, 1.165) is 0 Å². The third-order valence-electron chi connectivity index (χ3n) is 4.51. The monoisotopic (exact) mass is 374 g/mol. The predicted molar refractivity (Wildman–Crippen MR) is 104 cm³/mol. The first-order valence-electron chi connectivity index (χ1n) is 8.59. The maximum Gasteiger partial charge on any atom is 0.348 e. The Labute approximate surface area is 159 Å². The molecule has 1 heterocycles. The van der Waals surface area contributed by atoms with Crippen molar-refractivity contribution < 1.29 is 18.3 Å². The number of rotatable bonds is 4. The van der Waals surface area contributed by atoms with Gasteiger partial charge in [-0.15, -0.1) is 0 Å². The first-order chi connectivity index (χ1) is 13.6. The minimum atomic E-state index is -0.765. The molecule has 3 aromatic carbocycles. The van der Waals surface area contributed by atoms with E-state index in [9.17, 15) is 14.0 Å². The summed E-state index contributed by atoms with van der Waals surface area (Å²) in [5, 5.41) is 0.364. The zero-order chi connectivity index (χ0) is 19.7. The van der Waals surface area contributed by atoms with Gasteiger partial charge in [0.2, 0.25) is 5.78 Å². The van der Waals surface area contributed by atoms with Crippen molar-refractivity contribution in [2.75, 3.05) is 7.11 Å². The van der Waals surface area contributed by atoms with E-state index in [0.29, 0.717) is 27.8 Å². The van der Waals surface area contributed by atoms with Crippen molar-refractivity contribution in [3.05, 3.63) is 100 Å². The summed E-state index contributed by atoms with van der Waals surface area (Å²) in [6.45, 7) is 0. The molecule has 0 saturated carbocycles. The van der Waals surface area contributed by atoms with Gasteiger partial charge < -0.3 is 9.15 Å². The standard InChI is InChI=1S/C23H15FO4/c1-27-17-10-7-15(8-11-17)22(25)21-20(14-5-3-2-4-6-14)18-13-16(24)9-12-19(18)28-23(21)26/h2-13H,1H3. The van der Waals surface area contributed by atoms with Gasteiger partial charge >= 0.3 is 5.63 Å². The number of carbonyl (C=O) groups excluding carboxylic acids is 1. The predicted octanol–water partition coefficient (Wildman–Crippen LogP) is 4.84. The number of hydrogen-bond donors (Lipinski definition) is 0. The summed E-state index contributed by atoms with van der Waals surface area (Å²) in [6, 6.07) is 19.2. The molecule has 4 aromatic rings. The number of hydrogen-bond acceptors (Lipinski definition) is 4. The minimum absolute atomic E-state index is 0.130. The number of halogens is 1. The highest BCUT2D eigenvalue weighted by molar-refractivity contribution is 6.16. The van der Waals surface area contributed by atoms with Crippen molar-refractivity contribution in [3.8, 4) is 16.9 Å². The Morgan fingerprint density at radius 3 is 2.36 bits per heavy atom.